The van der Waals surface area contributed by atoms with Crippen LogP contribution in [-0.2, 0) is 4.79 Å². The molecule has 2 rings (SSSR count). The highest BCUT2D eigenvalue weighted by Crippen LogP contribution is 2.27. The monoisotopic (exact) mass is 290 g/mol. The standard InChI is InChI=1S/C13H14F4N2O/c14-9-3-1-2-8(6-9)10-4-5-18-7-11(10)19-12(20)13(15,16)17/h1-3,6,10-11,18H,4-5,7H2,(H,19,20)/t10-,11-/m0/s1. The van der Waals surface area contributed by atoms with Crippen LogP contribution in [0.25, 0.3) is 0 Å². The van der Waals surface area contributed by atoms with E-state index in [2.05, 4.69) is 5.32 Å². The van der Waals surface area contributed by atoms with Gasteiger partial charge in [0.1, 0.15) is 5.82 Å². The molecule has 1 aliphatic rings. The Morgan fingerprint density at radius 3 is 2.75 bits per heavy atom. The van der Waals surface area contributed by atoms with Crippen molar-refractivity contribution >= 4 is 5.91 Å². The third-order valence-corrected chi connectivity index (χ3v) is 3.33. The predicted octanol–water partition coefficient (Wildman–Crippen LogP) is 1.95. The van der Waals surface area contributed by atoms with Gasteiger partial charge in [0, 0.05) is 18.5 Å². The molecule has 1 amide bonds. The summed E-state index contributed by atoms with van der Waals surface area (Å²) < 4.78 is 50.1. The molecule has 1 aliphatic heterocycles. The first-order valence-corrected chi connectivity index (χ1v) is 6.22. The van der Waals surface area contributed by atoms with Gasteiger partial charge in [-0.25, -0.2) is 4.39 Å². The number of nitrogens with one attached hydrogen (secondary N) is 2. The van der Waals surface area contributed by atoms with Gasteiger partial charge in [-0.1, -0.05) is 12.1 Å². The molecule has 0 saturated carbocycles. The van der Waals surface area contributed by atoms with Crippen LogP contribution in [0.2, 0.25) is 0 Å². The summed E-state index contributed by atoms with van der Waals surface area (Å²) >= 11 is 0. The lowest BCUT2D eigenvalue weighted by molar-refractivity contribution is -0.174. The molecule has 1 aromatic rings. The Labute approximate surface area is 113 Å². The van der Waals surface area contributed by atoms with Gasteiger partial charge in [-0.15, -0.1) is 0 Å². The summed E-state index contributed by atoms with van der Waals surface area (Å²) in [6.07, 6.45) is -4.38. The van der Waals surface area contributed by atoms with Crippen LogP contribution in [0.15, 0.2) is 24.3 Å². The number of carbonyl (C=O) groups excluding carboxylic acids is 1. The normalized spacial score (nSPS) is 23.4. The van der Waals surface area contributed by atoms with E-state index in [1.165, 1.54) is 18.2 Å². The van der Waals surface area contributed by atoms with Gasteiger partial charge in [0.15, 0.2) is 0 Å². The molecule has 0 aliphatic carbocycles. The molecule has 2 N–H and O–H groups in total. The molecule has 0 spiro atoms. The fourth-order valence-corrected chi connectivity index (χ4v) is 2.40. The van der Waals surface area contributed by atoms with Crippen molar-refractivity contribution < 1.29 is 22.4 Å². The molecular formula is C13H14F4N2O. The highest BCUT2D eigenvalue weighted by atomic mass is 19.4. The van der Waals surface area contributed by atoms with Gasteiger partial charge in [-0.2, -0.15) is 13.2 Å². The van der Waals surface area contributed by atoms with Gasteiger partial charge in [0.05, 0.1) is 0 Å². The first kappa shape index (κ1) is 14.8. The Morgan fingerprint density at radius 2 is 2.10 bits per heavy atom. The number of piperidine rings is 1. The maximum absolute atomic E-state index is 13.2. The van der Waals surface area contributed by atoms with E-state index in [0.29, 0.717) is 18.5 Å². The van der Waals surface area contributed by atoms with Gasteiger partial charge >= 0.3 is 12.1 Å². The van der Waals surface area contributed by atoms with Crippen LogP contribution in [0.3, 0.4) is 0 Å². The summed E-state index contributed by atoms with van der Waals surface area (Å²) in [6.45, 7) is 0.836. The third kappa shape index (κ3) is 3.47. The van der Waals surface area contributed by atoms with E-state index in [9.17, 15) is 22.4 Å². The lowest BCUT2D eigenvalue weighted by Gasteiger charge is -2.33. The molecule has 0 bridgehead atoms. The van der Waals surface area contributed by atoms with Crippen LogP contribution in [0.1, 0.15) is 17.9 Å². The summed E-state index contributed by atoms with van der Waals surface area (Å²) in [7, 11) is 0. The number of hydrogen-bond donors (Lipinski definition) is 2. The largest absolute Gasteiger partial charge is 0.471 e. The number of benzene rings is 1. The van der Waals surface area contributed by atoms with Crippen LogP contribution >= 0.6 is 0 Å². The molecule has 110 valence electrons. The molecule has 1 fully saturated rings. The van der Waals surface area contributed by atoms with Crippen LogP contribution < -0.4 is 10.6 Å². The number of rotatable bonds is 2. The Hall–Kier alpha value is -1.63. The van der Waals surface area contributed by atoms with Crippen LogP contribution in [0.4, 0.5) is 17.6 Å². The van der Waals surface area contributed by atoms with Crippen molar-refractivity contribution in [2.24, 2.45) is 0 Å². The fraction of sp³-hybridized carbons (Fsp3) is 0.462. The van der Waals surface area contributed by atoms with Crippen molar-refractivity contribution in [3.05, 3.63) is 35.6 Å². The zero-order valence-electron chi connectivity index (χ0n) is 10.5. The van der Waals surface area contributed by atoms with Crippen molar-refractivity contribution in [3.63, 3.8) is 0 Å². The molecule has 2 atom stereocenters. The van der Waals surface area contributed by atoms with E-state index in [1.807, 2.05) is 5.32 Å². The minimum absolute atomic E-state index is 0.225. The third-order valence-electron chi connectivity index (χ3n) is 3.33. The quantitative estimate of drug-likeness (QED) is 0.817. The second-order valence-electron chi connectivity index (χ2n) is 4.73. The zero-order chi connectivity index (χ0) is 14.8. The molecular weight excluding hydrogens is 276 g/mol. The van der Waals surface area contributed by atoms with Crippen molar-refractivity contribution in [2.75, 3.05) is 13.1 Å². The molecule has 7 heteroatoms. The summed E-state index contributed by atoms with van der Waals surface area (Å²) in [5, 5.41) is 4.91. The van der Waals surface area contributed by atoms with Crippen molar-refractivity contribution in [1.82, 2.24) is 10.6 Å². The molecule has 3 nitrogen and oxygen atoms in total. The smallest absolute Gasteiger partial charge is 0.344 e. The molecule has 1 heterocycles. The predicted molar refractivity (Wildman–Crippen MR) is 64.6 cm³/mol. The van der Waals surface area contributed by atoms with Crippen LogP contribution in [0, 0.1) is 5.82 Å². The molecule has 1 saturated heterocycles. The summed E-state index contributed by atoms with van der Waals surface area (Å²) in [5.41, 5.74) is 0.596. The Balaban J connectivity index is 2.15. The Bertz CT molecular complexity index is 490. The maximum Gasteiger partial charge on any atom is 0.471 e. The molecule has 0 unspecified atom stereocenters. The number of alkyl halides is 3. The minimum atomic E-state index is -4.91. The average molecular weight is 290 g/mol. The number of amides is 1. The van der Waals surface area contributed by atoms with E-state index in [1.54, 1.807) is 6.07 Å². The van der Waals surface area contributed by atoms with Crippen LogP contribution in [0.5, 0.6) is 0 Å². The van der Waals surface area contributed by atoms with Gasteiger partial charge in [-0.3, -0.25) is 4.79 Å². The van der Waals surface area contributed by atoms with Crippen LogP contribution in [-0.4, -0.2) is 31.2 Å². The Kier molecular flexibility index (Phi) is 4.27. The van der Waals surface area contributed by atoms with Crippen molar-refractivity contribution in [3.8, 4) is 0 Å². The van der Waals surface area contributed by atoms with Gasteiger partial charge in [0.25, 0.3) is 0 Å². The topological polar surface area (TPSA) is 41.1 Å². The molecule has 0 radical (unpaired) electrons. The first-order valence-electron chi connectivity index (χ1n) is 6.22. The van der Waals surface area contributed by atoms with E-state index >= 15 is 0 Å². The second kappa shape index (κ2) is 5.78. The van der Waals surface area contributed by atoms with Gasteiger partial charge in [-0.05, 0) is 30.7 Å². The number of halogens is 4. The second-order valence-corrected chi connectivity index (χ2v) is 4.73. The zero-order valence-corrected chi connectivity index (χ0v) is 10.5. The average Bonchev–Trinajstić information content (AvgIpc) is 2.38. The van der Waals surface area contributed by atoms with Crippen molar-refractivity contribution in [1.29, 1.82) is 0 Å². The van der Waals surface area contributed by atoms with E-state index < -0.39 is 23.9 Å². The van der Waals surface area contributed by atoms with Gasteiger partial charge in [0.2, 0.25) is 0 Å². The van der Waals surface area contributed by atoms with E-state index in [4.69, 9.17) is 0 Å². The van der Waals surface area contributed by atoms with E-state index in [-0.39, 0.29) is 12.5 Å². The first-order chi connectivity index (χ1) is 9.38. The SMILES string of the molecule is O=C(N[C@H]1CNCC[C@H]1c1cccc(F)c1)C(F)(F)F. The summed E-state index contributed by atoms with van der Waals surface area (Å²) in [5.74, 6) is -2.74. The number of carbonyl (C=O) groups is 1. The molecule has 20 heavy (non-hydrogen) atoms. The lowest BCUT2D eigenvalue weighted by Crippen LogP contribution is -2.53. The van der Waals surface area contributed by atoms with Crippen molar-refractivity contribution in [2.45, 2.75) is 24.6 Å². The summed E-state index contributed by atoms with van der Waals surface area (Å²) in [4.78, 5) is 11.0. The minimum Gasteiger partial charge on any atom is -0.344 e. The maximum atomic E-state index is 13.2. The van der Waals surface area contributed by atoms with Gasteiger partial charge < -0.3 is 10.6 Å². The molecule has 1 aromatic carbocycles. The molecule has 0 aromatic heterocycles. The summed E-state index contributed by atoms with van der Waals surface area (Å²) in [6, 6.07) is 5.03. The van der Waals surface area contributed by atoms with E-state index in [0.717, 1.165) is 0 Å². The Morgan fingerprint density at radius 1 is 1.35 bits per heavy atom. The lowest BCUT2D eigenvalue weighted by atomic mass is 9.86. The highest BCUT2D eigenvalue weighted by molar-refractivity contribution is 5.82. The number of hydrogen-bond acceptors (Lipinski definition) is 2. The fourth-order valence-electron chi connectivity index (χ4n) is 2.40. The highest BCUT2D eigenvalue weighted by Gasteiger charge is 2.41.